The molecule has 3 aromatic rings. The number of aryl methyl sites for hydroxylation is 1. The number of amidine groups is 2. The fourth-order valence-corrected chi connectivity index (χ4v) is 5.41. The number of hydrazone groups is 1. The molecule has 3 heterocycles. The van der Waals surface area contributed by atoms with Gasteiger partial charge in [0, 0.05) is 0 Å². The fraction of sp³-hybridized carbons (Fsp3) is 0.185. The molecule has 0 spiro atoms. The highest BCUT2D eigenvalue weighted by molar-refractivity contribution is 8.27. The lowest BCUT2D eigenvalue weighted by atomic mass is 10.1. The number of methoxy groups -OCH3 is 2. The Labute approximate surface area is 227 Å². The normalized spacial score (nSPS) is 15.8. The van der Waals surface area contributed by atoms with Gasteiger partial charge in [0.1, 0.15) is 24.0 Å². The molecule has 0 fully saturated rings. The third-order valence-corrected chi connectivity index (χ3v) is 7.55. The maximum atomic E-state index is 12.8. The van der Waals surface area contributed by atoms with Crippen molar-refractivity contribution in [2.75, 3.05) is 27.4 Å². The van der Waals surface area contributed by atoms with E-state index in [4.69, 9.17) is 24.4 Å². The number of rotatable bonds is 9. The summed E-state index contributed by atoms with van der Waals surface area (Å²) in [5.41, 5.74) is 1.85. The first kappa shape index (κ1) is 25.6. The van der Waals surface area contributed by atoms with Gasteiger partial charge >= 0.3 is 0 Å². The number of hydrogen-bond acceptors (Lipinski definition) is 9. The summed E-state index contributed by atoms with van der Waals surface area (Å²) in [6.45, 7) is 2.61. The Morgan fingerprint density at radius 1 is 1.03 bits per heavy atom. The topological polar surface area (TPSA) is 106 Å². The molecule has 0 radical (unpaired) electrons. The van der Waals surface area contributed by atoms with Crippen molar-refractivity contribution in [1.82, 2.24) is 5.01 Å². The highest BCUT2D eigenvalue weighted by Crippen LogP contribution is 2.40. The van der Waals surface area contributed by atoms with E-state index in [1.54, 1.807) is 18.2 Å². The highest BCUT2D eigenvalue weighted by atomic mass is 32.2. The van der Waals surface area contributed by atoms with Gasteiger partial charge < -0.3 is 18.9 Å². The third kappa shape index (κ3) is 5.29. The Kier molecular flexibility index (Phi) is 7.47. The smallest absolute Gasteiger partial charge is 0.283 e. The van der Waals surface area contributed by atoms with Crippen LogP contribution < -0.4 is 18.9 Å². The molecular weight excluding hydrogens is 524 g/mol. The number of nitrogens with one attached hydrogen (secondary N) is 1. The van der Waals surface area contributed by atoms with Crippen LogP contribution in [-0.2, 0) is 4.79 Å². The van der Waals surface area contributed by atoms with Gasteiger partial charge in [-0.3, -0.25) is 10.2 Å². The zero-order valence-electron chi connectivity index (χ0n) is 20.9. The quantitative estimate of drug-likeness (QED) is 0.289. The maximum absolute atomic E-state index is 12.8. The van der Waals surface area contributed by atoms with Gasteiger partial charge in [0.25, 0.3) is 5.91 Å². The molecule has 2 aromatic carbocycles. The van der Waals surface area contributed by atoms with Crippen LogP contribution in [-0.4, -0.2) is 54.4 Å². The summed E-state index contributed by atoms with van der Waals surface area (Å²) in [7, 11) is 3.04. The molecule has 2 aliphatic heterocycles. The summed E-state index contributed by atoms with van der Waals surface area (Å²) < 4.78 is 22.8. The van der Waals surface area contributed by atoms with Crippen LogP contribution in [0.4, 0.5) is 0 Å². The zero-order valence-corrected chi connectivity index (χ0v) is 22.5. The van der Waals surface area contributed by atoms with Crippen LogP contribution in [0.3, 0.4) is 0 Å². The molecule has 1 N–H and O–H groups in total. The molecule has 9 nitrogen and oxygen atoms in total. The predicted octanol–water partition coefficient (Wildman–Crippen LogP) is 5.20. The lowest BCUT2D eigenvalue weighted by Gasteiger charge is -2.20. The van der Waals surface area contributed by atoms with Crippen LogP contribution in [0.2, 0.25) is 0 Å². The first-order valence-electron chi connectivity index (χ1n) is 11.6. The monoisotopic (exact) mass is 548 g/mol. The molecule has 0 saturated carbocycles. The number of amides is 1. The molecule has 5 rings (SSSR count). The van der Waals surface area contributed by atoms with Gasteiger partial charge in [-0.25, -0.2) is 0 Å². The number of hydrogen-bond donors (Lipinski definition) is 1. The van der Waals surface area contributed by atoms with Gasteiger partial charge in [0.15, 0.2) is 17.3 Å². The van der Waals surface area contributed by atoms with Crippen LogP contribution in [0, 0.1) is 12.3 Å². The largest absolute Gasteiger partial charge is 0.493 e. The molecule has 0 unspecified atom stereocenters. The average Bonchev–Trinajstić information content (AvgIpc) is 3.60. The number of carbonyl (C=O) groups is 1. The van der Waals surface area contributed by atoms with Crippen molar-refractivity contribution in [3.05, 3.63) is 75.5 Å². The van der Waals surface area contributed by atoms with Crippen LogP contribution in [0.5, 0.6) is 23.0 Å². The Balaban J connectivity index is 1.34. The van der Waals surface area contributed by atoms with Gasteiger partial charge in [0.05, 0.1) is 24.7 Å². The molecule has 0 atom stereocenters. The standard InChI is InChI=1S/C27H24N4O5S2/c1-16-6-8-18(9-7-16)35-10-11-36-23-20(33-2)14-17(15-21(23)34-3)13-19-24(28)31-27(29-25(19)32)38-26(30-31)22-5-4-12-37-22/h4-9,12-15,28H,10-11H2,1-3H3/b19-13-,28-24?. The number of thiophene rings is 1. The Hall–Kier alpha value is -4.09. The Bertz CT molecular complexity index is 1440. The number of thioether (sulfide) groups is 1. The minimum Gasteiger partial charge on any atom is -0.493 e. The number of nitrogens with zero attached hydrogens (tertiary/aromatic N) is 3. The molecule has 38 heavy (non-hydrogen) atoms. The minimum absolute atomic E-state index is 0.0504. The van der Waals surface area contributed by atoms with E-state index >= 15 is 0 Å². The van der Waals surface area contributed by atoms with Gasteiger partial charge in [-0.05, 0) is 66.0 Å². The SMILES string of the molecule is COc1cc(/C=C2/C(=N)N3N=C(c4cccs4)SC3=NC2=O)cc(OC)c1OCCOc1ccc(C)cc1. The fourth-order valence-electron chi connectivity index (χ4n) is 3.72. The van der Waals surface area contributed by atoms with Crippen molar-refractivity contribution in [3.8, 4) is 23.0 Å². The van der Waals surface area contributed by atoms with E-state index in [0.717, 1.165) is 16.2 Å². The second kappa shape index (κ2) is 11.1. The van der Waals surface area contributed by atoms with Crippen molar-refractivity contribution in [3.63, 3.8) is 0 Å². The minimum atomic E-state index is -0.511. The van der Waals surface area contributed by atoms with E-state index in [2.05, 4.69) is 10.1 Å². The van der Waals surface area contributed by atoms with E-state index < -0.39 is 5.91 Å². The molecule has 1 aromatic heterocycles. The van der Waals surface area contributed by atoms with Crippen molar-refractivity contribution in [2.45, 2.75) is 6.92 Å². The van der Waals surface area contributed by atoms with Crippen LogP contribution in [0.25, 0.3) is 6.08 Å². The second-order valence-electron chi connectivity index (χ2n) is 8.17. The Morgan fingerprint density at radius 3 is 2.39 bits per heavy atom. The molecular formula is C27H24N4O5S2. The van der Waals surface area contributed by atoms with Crippen molar-refractivity contribution < 1.29 is 23.7 Å². The highest BCUT2D eigenvalue weighted by Gasteiger charge is 2.36. The first-order valence-corrected chi connectivity index (χ1v) is 13.3. The number of carbonyl (C=O) groups excluding carboxylic acids is 1. The van der Waals surface area contributed by atoms with Gasteiger partial charge in [0.2, 0.25) is 10.9 Å². The molecule has 0 aliphatic carbocycles. The van der Waals surface area contributed by atoms with Gasteiger partial charge in [-0.1, -0.05) is 23.8 Å². The number of ether oxygens (including phenoxy) is 4. The number of aliphatic imine (C=N–C) groups is 1. The lowest BCUT2D eigenvalue weighted by Crippen LogP contribution is -2.35. The van der Waals surface area contributed by atoms with E-state index in [1.807, 2.05) is 48.7 Å². The van der Waals surface area contributed by atoms with E-state index in [9.17, 15) is 4.79 Å². The van der Waals surface area contributed by atoms with E-state index in [-0.39, 0.29) is 18.0 Å². The third-order valence-electron chi connectivity index (χ3n) is 5.60. The van der Waals surface area contributed by atoms with Crippen molar-refractivity contribution >= 4 is 51.1 Å². The molecule has 11 heteroatoms. The lowest BCUT2D eigenvalue weighted by molar-refractivity contribution is -0.114. The van der Waals surface area contributed by atoms with Crippen molar-refractivity contribution in [2.24, 2.45) is 10.1 Å². The van der Waals surface area contributed by atoms with Gasteiger partial charge in [-0.2, -0.15) is 15.1 Å². The predicted molar refractivity (Wildman–Crippen MR) is 150 cm³/mol. The zero-order chi connectivity index (χ0) is 26.6. The second-order valence-corrected chi connectivity index (χ2v) is 10.1. The summed E-state index contributed by atoms with van der Waals surface area (Å²) in [5.74, 6) is 1.44. The molecule has 194 valence electrons. The van der Waals surface area contributed by atoms with E-state index in [0.29, 0.717) is 39.6 Å². The molecule has 1 amide bonds. The summed E-state index contributed by atoms with van der Waals surface area (Å²) in [4.78, 5) is 18.0. The molecule has 0 bridgehead atoms. The van der Waals surface area contributed by atoms with Crippen LogP contribution in [0.1, 0.15) is 16.0 Å². The van der Waals surface area contributed by atoms with Crippen LogP contribution in [0.15, 0.2) is 69.6 Å². The summed E-state index contributed by atoms with van der Waals surface area (Å²) in [5, 5.41) is 17.5. The summed E-state index contributed by atoms with van der Waals surface area (Å²) in [6, 6.07) is 15.1. The Morgan fingerprint density at radius 2 is 1.74 bits per heavy atom. The first-order chi connectivity index (χ1) is 18.5. The maximum Gasteiger partial charge on any atom is 0.283 e. The van der Waals surface area contributed by atoms with Crippen LogP contribution >= 0.6 is 23.1 Å². The molecule has 0 saturated heterocycles. The molecule has 2 aliphatic rings. The average molecular weight is 549 g/mol. The summed E-state index contributed by atoms with van der Waals surface area (Å²) in [6.07, 6.45) is 1.57. The number of benzene rings is 2. The summed E-state index contributed by atoms with van der Waals surface area (Å²) >= 11 is 2.81. The van der Waals surface area contributed by atoms with E-state index in [1.165, 1.54) is 42.3 Å². The van der Waals surface area contributed by atoms with Crippen molar-refractivity contribution in [1.29, 1.82) is 5.41 Å². The number of fused-ring (bicyclic) bond motifs is 1. The van der Waals surface area contributed by atoms with Gasteiger partial charge in [-0.15, -0.1) is 11.3 Å².